The number of anilines is 1. The van der Waals surface area contributed by atoms with Gasteiger partial charge in [-0.3, -0.25) is 5.32 Å². The fraction of sp³-hybridized carbons (Fsp3) is 0.182. The van der Waals surface area contributed by atoms with E-state index in [9.17, 15) is 4.79 Å². The molecule has 1 aromatic rings. The van der Waals surface area contributed by atoms with Gasteiger partial charge in [0.15, 0.2) is 6.79 Å². The lowest BCUT2D eigenvalue weighted by molar-refractivity contribution is 0.0528. The van der Waals surface area contributed by atoms with Gasteiger partial charge >= 0.3 is 6.09 Å². The van der Waals surface area contributed by atoms with Crippen molar-refractivity contribution in [1.29, 1.82) is 0 Å². The first kappa shape index (κ1) is 11.3. The fourth-order valence-corrected chi connectivity index (χ4v) is 1.05. The van der Waals surface area contributed by atoms with Crippen molar-refractivity contribution in [3.05, 3.63) is 36.4 Å². The van der Waals surface area contributed by atoms with E-state index in [1.165, 1.54) is 0 Å². The van der Waals surface area contributed by atoms with E-state index in [-0.39, 0.29) is 0 Å². The maximum atomic E-state index is 10.9. The summed E-state index contributed by atoms with van der Waals surface area (Å²) in [5, 5.41) is 10.8. The van der Waals surface area contributed by atoms with Gasteiger partial charge in [-0.05, 0) is 24.6 Å². The molecule has 0 fully saturated rings. The molecule has 1 aromatic carbocycles. The van der Waals surface area contributed by atoms with Crippen molar-refractivity contribution in [1.82, 2.24) is 0 Å². The SMILES string of the molecule is C=C(C)c1ccc(NC(=O)OCO)cc1. The second-order valence-electron chi connectivity index (χ2n) is 3.04. The molecule has 4 nitrogen and oxygen atoms in total. The minimum absolute atomic E-state index is 0.610. The van der Waals surface area contributed by atoms with Crippen LogP contribution in [0.5, 0.6) is 0 Å². The standard InChI is InChI=1S/C11H13NO3/c1-8(2)9-3-5-10(6-4-9)12-11(14)15-7-13/h3-6,13H,1,7H2,2H3,(H,12,14). The Morgan fingerprint density at radius 2 is 2.07 bits per heavy atom. The van der Waals surface area contributed by atoms with Crippen LogP contribution in [-0.2, 0) is 4.74 Å². The number of aliphatic hydroxyl groups excluding tert-OH is 1. The molecule has 0 aliphatic carbocycles. The number of ether oxygens (including phenoxy) is 1. The minimum Gasteiger partial charge on any atom is -0.422 e. The highest BCUT2D eigenvalue weighted by molar-refractivity contribution is 5.84. The molecule has 80 valence electrons. The van der Waals surface area contributed by atoms with Gasteiger partial charge in [0.05, 0.1) is 0 Å². The van der Waals surface area contributed by atoms with Gasteiger partial charge < -0.3 is 9.84 Å². The molecule has 1 rings (SSSR count). The molecule has 1 amide bonds. The highest BCUT2D eigenvalue weighted by Gasteiger charge is 2.01. The summed E-state index contributed by atoms with van der Waals surface area (Å²) < 4.78 is 4.31. The van der Waals surface area contributed by atoms with Crippen LogP contribution in [0.1, 0.15) is 12.5 Å². The molecule has 2 N–H and O–H groups in total. The fourth-order valence-electron chi connectivity index (χ4n) is 1.05. The van der Waals surface area contributed by atoms with Crippen LogP contribution >= 0.6 is 0 Å². The van der Waals surface area contributed by atoms with E-state index in [1.807, 2.05) is 19.1 Å². The Bertz CT molecular complexity index is 357. The van der Waals surface area contributed by atoms with Crippen LogP contribution in [0.15, 0.2) is 30.8 Å². The lowest BCUT2D eigenvalue weighted by atomic mass is 10.1. The second-order valence-corrected chi connectivity index (χ2v) is 3.04. The molecule has 0 radical (unpaired) electrons. The molecular weight excluding hydrogens is 194 g/mol. The summed E-state index contributed by atoms with van der Waals surface area (Å²) in [6.07, 6.45) is -0.680. The number of carbonyl (C=O) groups is 1. The maximum Gasteiger partial charge on any atom is 0.413 e. The predicted molar refractivity (Wildman–Crippen MR) is 58.3 cm³/mol. The van der Waals surface area contributed by atoms with Crippen LogP contribution < -0.4 is 5.32 Å². The monoisotopic (exact) mass is 207 g/mol. The van der Waals surface area contributed by atoms with Crippen molar-refractivity contribution in [3.8, 4) is 0 Å². The summed E-state index contributed by atoms with van der Waals surface area (Å²) in [6, 6.07) is 7.17. The van der Waals surface area contributed by atoms with Crippen LogP contribution in [0.4, 0.5) is 10.5 Å². The Kier molecular flexibility index (Phi) is 3.88. The molecule has 0 bridgehead atoms. The van der Waals surface area contributed by atoms with Crippen LogP contribution in [0.25, 0.3) is 5.57 Å². The molecular formula is C11H13NO3. The van der Waals surface area contributed by atoms with Crippen LogP contribution in [0, 0.1) is 0 Å². The van der Waals surface area contributed by atoms with Crippen LogP contribution in [0.3, 0.4) is 0 Å². The average Bonchev–Trinajstić information content (AvgIpc) is 2.18. The average molecular weight is 207 g/mol. The van der Waals surface area contributed by atoms with Gasteiger partial charge in [-0.2, -0.15) is 0 Å². The Morgan fingerprint density at radius 3 is 2.53 bits per heavy atom. The molecule has 0 saturated heterocycles. The van der Waals surface area contributed by atoms with E-state index < -0.39 is 12.9 Å². The van der Waals surface area contributed by atoms with Crippen molar-refractivity contribution in [2.24, 2.45) is 0 Å². The number of aliphatic hydroxyl groups is 1. The lowest BCUT2D eigenvalue weighted by Gasteiger charge is -2.05. The zero-order valence-electron chi connectivity index (χ0n) is 8.49. The summed E-state index contributed by atoms with van der Waals surface area (Å²) >= 11 is 0. The van der Waals surface area contributed by atoms with E-state index in [0.29, 0.717) is 5.69 Å². The zero-order chi connectivity index (χ0) is 11.3. The van der Waals surface area contributed by atoms with Gasteiger partial charge in [-0.15, -0.1) is 0 Å². The third kappa shape index (κ3) is 3.44. The van der Waals surface area contributed by atoms with E-state index in [1.54, 1.807) is 12.1 Å². The molecule has 0 atom stereocenters. The Hall–Kier alpha value is -1.81. The first-order chi connectivity index (χ1) is 7.13. The second kappa shape index (κ2) is 5.17. The third-order valence-electron chi connectivity index (χ3n) is 1.82. The van der Waals surface area contributed by atoms with Crippen molar-refractivity contribution in [3.63, 3.8) is 0 Å². The van der Waals surface area contributed by atoms with E-state index in [4.69, 9.17) is 5.11 Å². The number of hydrogen-bond donors (Lipinski definition) is 2. The van der Waals surface area contributed by atoms with Crippen LogP contribution in [-0.4, -0.2) is 18.0 Å². The molecule has 4 heteroatoms. The Labute approximate surface area is 88.2 Å². The Morgan fingerprint density at radius 1 is 1.47 bits per heavy atom. The number of nitrogens with one attached hydrogen (secondary N) is 1. The van der Waals surface area contributed by atoms with Gasteiger partial charge in [-0.1, -0.05) is 24.3 Å². The van der Waals surface area contributed by atoms with Gasteiger partial charge in [-0.25, -0.2) is 4.79 Å². The van der Waals surface area contributed by atoms with Crippen molar-refractivity contribution in [2.75, 3.05) is 12.1 Å². The first-order valence-corrected chi connectivity index (χ1v) is 4.44. The summed E-state index contributed by atoms with van der Waals surface area (Å²) in [4.78, 5) is 10.9. The van der Waals surface area contributed by atoms with Gasteiger partial charge in [0.2, 0.25) is 0 Å². The number of allylic oxidation sites excluding steroid dienone is 1. The number of rotatable bonds is 3. The molecule has 0 aliphatic rings. The number of benzene rings is 1. The summed E-state index contributed by atoms with van der Waals surface area (Å²) in [7, 11) is 0. The minimum atomic E-state index is -0.680. The van der Waals surface area contributed by atoms with Gasteiger partial charge in [0, 0.05) is 5.69 Å². The molecule has 0 aliphatic heterocycles. The zero-order valence-corrected chi connectivity index (χ0v) is 8.49. The largest absolute Gasteiger partial charge is 0.422 e. The predicted octanol–water partition coefficient (Wildman–Crippen LogP) is 2.22. The highest BCUT2D eigenvalue weighted by atomic mass is 16.6. The quantitative estimate of drug-likeness (QED) is 0.747. The molecule has 15 heavy (non-hydrogen) atoms. The lowest BCUT2D eigenvalue weighted by Crippen LogP contribution is -2.13. The summed E-state index contributed by atoms with van der Waals surface area (Å²) in [5.74, 6) is 0. The van der Waals surface area contributed by atoms with E-state index in [2.05, 4.69) is 16.6 Å². The smallest absolute Gasteiger partial charge is 0.413 e. The maximum absolute atomic E-state index is 10.9. The molecule has 0 spiro atoms. The number of hydrogen-bond acceptors (Lipinski definition) is 3. The van der Waals surface area contributed by atoms with Crippen molar-refractivity contribution in [2.45, 2.75) is 6.92 Å². The normalized spacial score (nSPS) is 9.47. The molecule has 0 saturated carbocycles. The van der Waals surface area contributed by atoms with Gasteiger partial charge in [0.25, 0.3) is 0 Å². The van der Waals surface area contributed by atoms with Crippen LogP contribution in [0.2, 0.25) is 0 Å². The van der Waals surface area contributed by atoms with Crippen molar-refractivity contribution >= 4 is 17.4 Å². The molecule has 0 heterocycles. The molecule has 0 unspecified atom stereocenters. The van der Waals surface area contributed by atoms with E-state index >= 15 is 0 Å². The van der Waals surface area contributed by atoms with Crippen molar-refractivity contribution < 1.29 is 14.6 Å². The van der Waals surface area contributed by atoms with Gasteiger partial charge in [0.1, 0.15) is 0 Å². The number of amides is 1. The summed E-state index contributed by atoms with van der Waals surface area (Å²) in [6.45, 7) is 5.08. The third-order valence-corrected chi connectivity index (χ3v) is 1.82. The Balaban J connectivity index is 2.64. The molecule has 0 aromatic heterocycles. The van der Waals surface area contributed by atoms with E-state index in [0.717, 1.165) is 11.1 Å². The highest BCUT2D eigenvalue weighted by Crippen LogP contribution is 2.15. The first-order valence-electron chi connectivity index (χ1n) is 4.44. The number of carbonyl (C=O) groups excluding carboxylic acids is 1. The summed E-state index contributed by atoms with van der Waals surface area (Å²) in [5.41, 5.74) is 2.58. The topological polar surface area (TPSA) is 58.6 Å².